The molecule has 0 bridgehead atoms. The highest BCUT2D eigenvalue weighted by atomic mass is 127. The monoisotopic (exact) mass is 502 g/mol. The Bertz CT molecular complexity index is 628. The minimum absolute atomic E-state index is 0. The van der Waals surface area contributed by atoms with Gasteiger partial charge in [-0.05, 0) is 49.1 Å². The Morgan fingerprint density at radius 3 is 2.70 bits per heavy atom. The topological polar surface area (TPSA) is 65.5 Å². The quantitative estimate of drug-likeness (QED) is 0.313. The molecule has 27 heavy (non-hydrogen) atoms. The van der Waals surface area contributed by atoms with Crippen molar-refractivity contribution in [3.05, 3.63) is 29.8 Å². The van der Waals surface area contributed by atoms with E-state index < -0.39 is 0 Å². The van der Waals surface area contributed by atoms with Crippen molar-refractivity contribution >= 4 is 53.3 Å². The van der Waals surface area contributed by atoms with Crippen LogP contribution in [0, 0.1) is 5.92 Å². The summed E-state index contributed by atoms with van der Waals surface area (Å²) in [7, 11) is 1.80. The summed E-state index contributed by atoms with van der Waals surface area (Å²) in [6.07, 6.45) is 7.00. The lowest BCUT2D eigenvalue weighted by Gasteiger charge is -2.15. The minimum Gasteiger partial charge on any atom is -0.355 e. The third kappa shape index (κ3) is 7.18. The number of anilines is 1. The second-order valence-corrected chi connectivity index (χ2v) is 8.52. The van der Waals surface area contributed by atoms with E-state index in [9.17, 15) is 4.79 Å². The molecule has 0 spiro atoms. The van der Waals surface area contributed by atoms with Crippen LogP contribution < -0.4 is 16.0 Å². The molecule has 150 valence electrons. The van der Waals surface area contributed by atoms with E-state index in [0.717, 1.165) is 36.6 Å². The van der Waals surface area contributed by atoms with Crippen molar-refractivity contribution in [2.75, 3.05) is 24.7 Å². The Morgan fingerprint density at radius 2 is 2.00 bits per heavy atom. The van der Waals surface area contributed by atoms with Gasteiger partial charge in [-0.1, -0.05) is 25.0 Å². The third-order valence-electron chi connectivity index (χ3n) is 5.13. The van der Waals surface area contributed by atoms with Crippen molar-refractivity contribution < 1.29 is 4.79 Å². The number of carbonyl (C=O) groups is 1. The number of nitrogens with one attached hydrogen (secondary N) is 3. The number of rotatable bonds is 6. The first-order valence-corrected chi connectivity index (χ1v) is 10.8. The number of carbonyl (C=O) groups excluding carboxylic acids is 1. The number of guanidine groups is 1. The standard InChI is InChI=1S/C20H30N4OS.HI/c1-21-20(23-14-18-10-5-11-26-18)22-13-15-6-4-9-17(12-15)24-19(25)16-7-2-3-8-16;/h4,6,9,12,16,18H,2-3,5,7-8,10-11,13-14H2,1H3,(H,24,25)(H2,21,22,23);1H. The molecular formula is C20H31IN4OS. The molecule has 1 aliphatic carbocycles. The van der Waals surface area contributed by atoms with Gasteiger partial charge in [0.1, 0.15) is 0 Å². The highest BCUT2D eigenvalue weighted by molar-refractivity contribution is 14.0. The van der Waals surface area contributed by atoms with E-state index in [0.29, 0.717) is 11.8 Å². The summed E-state index contributed by atoms with van der Waals surface area (Å²) < 4.78 is 0. The summed E-state index contributed by atoms with van der Waals surface area (Å²) in [4.78, 5) is 16.6. The molecule has 1 aromatic rings. The average Bonchev–Trinajstić information content (AvgIpc) is 3.36. The first kappa shape index (κ1) is 22.3. The van der Waals surface area contributed by atoms with Crippen LogP contribution in [0.25, 0.3) is 0 Å². The molecule has 2 aliphatic rings. The van der Waals surface area contributed by atoms with Crippen molar-refractivity contribution in [1.29, 1.82) is 0 Å². The molecule has 0 aromatic heterocycles. The maximum atomic E-state index is 12.3. The number of benzene rings is 1. The van der Waals surface area contributed by atoms with Gasteiger partial charge in [-0.25, -0.2) is 0 Å². The van der Waals surface area contributed by atoms with Crippen LogP contribution in [0.5, 0.6) is 0 Å². The van der Waals surface area contributed by atoms with Crippen LogP contribution in [0.15, 0.2) is 29.3 Å². The van der Waals surface area contributed by atoms with Crippen molar-refractivity contribution in [2.24, 2.45) is 10.9 Å². The van der Waals surface area contributed by atoms with E-state index >= 15 is 0 Å². The number of halogens is 1. The Morgan fingerprint density at radius 1 is 1.19 bits per heavy atom. The van der Waals surface area contributed by atoms with Crippen LogP contribution in [-0.4, -0.2) is 36.5 Å². The molecule has 1 saturated carbocycles. The predicted molar refractivity (Wildman–Crippen MR) is 126 cm³/mol. The molecule has 3 N–H and O–H groups in total. The lowest BCUT2D eigenvalue weighted by Crippen LogP contribution is -2.39. The van der Waals surface area contributed by atoms with Crippen LogP contribution in [0.3, 0.4) is 0 Å². The third-order valence-corrected chi connectivity index (χ3v) is 6.52. The fourth-order valence-electron chi connectivity index (χ4n) is 3.61. The SMILES string of the molecule is CN=C(NCc1cccc(NC(=O)C2CCCC2)c1)NCC1CCCS1.I. The fraction of sp³-hybridized carbons (Fsp3) is 0.600. The highest BCUT2D eigenvalue weighted by Crippen LogP contribution is 2.26. The molecule has 5 nitrogen and oxygen atoms in total. The summed E-state index contributed by atoms with van der Waals surface area (Å²) >= 11 is 2.04. The molecule has 1 heterocycles. The lowest BCUT2D eigenvalue weighted by molar-refractivity contribution is -0.119. The summed E-state index contributed by atoms with van der Waals surface area (Å²) in [5.74, 6) is 2.46. The molecule has 7 heteroatoms. The Hall–Kier alpha value is -0.960. The molecule has 1 atom stereocenters. The summed E-state index contributed by atoms with van der Waals surface area (Å²) in [6.45, 7) is 1.65. The van der Waals surface area contributed by atoms with E-state index in [4.69, 9.17) is 0 Å². The van der Waals surface area contributed by atoms with Gasteiger partial charge in [0.05, 0.1) is 0 Å². The fourth-order valence-corrected chi connectivity index (χ4v) is 4.81. The predicted octanol–water partition coefficient (Wildman–Crippen LogP) is 3.99. The molecule has 0 radical (unpaired) electrons. The van der Waals surface area contributed by atoms with Gasteiger partial charge in [0.15, 0.2) is 5.96 Å². The van der Waals surface area contributed by atoms with Crippen molar-refractivity contribution in [2.45, 2.75) is 50.3 Å². The van der Waals surface area contributed by atoms with Gasteiger partial charge in [-0.15, -0.1) is 24.0 Å². The zero-order chi connectivity index (χ0) is 18.2. The van der Waals surface area contributed by atoms with Crippen LogP contribution >= 0.6 is 35.7 Å². The Labute approximate surface area is 184 Å². The normalized spacial score (nSPS) is 20.2. The molecule has 1 amide bonds. The molecule has 3 rings (SSSR count). The van der Waals surface area contributed by atoms with Gasteiger partial charge < -0.3 is 16.0 Å². The lowest BCUT2D eigenvalue weighted by atomic mass is 10.1. The number of hydrogen-bond acceptors (Lipinski definition) is 3. The van der Waals surface area contributed by atoms with E-state index in [1.54, 1.807) is 7.05 Å². The highest BCUT2D eigenvalue weighted by Gasteiger charge is 2.22. The maximum absolute atomic E-state index is 12.3. The maximum Gasteiger partial charge on any atom is 0.227 e. The molecule has 1 saturated heterocycles. The van der Waals surface area contributed by atoms with Crippen molar-refractivity contribution in [3.63, 3.8) is 0 Å². The molecule has 1 unspecified atom stereocenters. The Balaban J connectivity index is 0.00000261. The van der Waals surface area contributed by atoms with Gasteiger partial charge in [0, 0.05) is 37.0 Å². The summed E-state index contributed by atoms with van der Waals surface area (Å²) in [5.41, 5.74) is 2.01. The van der Waals surface area contributed by atoms with Gasteiger partial charge in [0.25, 0.3) is 0 Å². The smallest absolute Gasteiger partial charge is 0.227 e. The van der Waals surface area contributed by atoms with Crippen molar-refractivity contribution in [3.8, 4) is 0 Å². The zero-order valence-corrected chi connectivity index (χ0v) is 19.1. The largest absolute Gasteiger partial charge is 0.355 e. The zero-order valence-electron chi connectivity index (χ0n) is 16.0. The number of nitrogens with zero attached hydrogens (tertiary/aromatic N) is 1. The number of hydrogen-bond donors (Lipinski definition) is 3. The molecule has 2 fully saturated rings. The van der Waals surface area contributed by atoms with Crippen LogP contribution in [0.4, 0.5) is 5.69 Å². The Kier molecular flexibility index (Phi) is 9.75. The second kappa shape index (κ2) is 11.8. The van der Waals surface area contributed by atoms with Gasteiger partial charge in [-0.2, -0.15) is 11.8 Å². The summed E-state index contributed by atoms with van der Waals surface area (Å²) in [5, 5.41) is 10.5. The summed E-state index contributed by atoms with van der Waals surface area (Å²) in [6, 6.07) is 8.06. The van der Waals surface area contributed by atoms with Crippen LogP contribution in [-0.2, 0) is 11.3 Å². The van der Waals surface area contributed by atoms with Gasteiger partial charge in [-0.3, -0.25) is 9.79 Å². The van der Waals surface area contributed by atoms with E-state index in [1.807, 2.05) is 30.0 Å². The molecular weight excluding hydrogens is 471 g/mol. The van der Waals surface area contributed by atoms with Crippen LogP contribution in [0.1, 0.15) is 44.1 Å². The molecule has 1 aliphatic heterocycles. The van der Waals surface area contributed by atoms with Crippen molar-refractivity contribution in [1.82, 2.24) is 10.6 Å². The first-order valence-electron chi connectivity index (χ1n) is 9.70. The van der Waals surface area contributed by atoms with Gasteiger partial charge >= 0.3 is 0 Å². The molecule has 1 aromatic carbocycles. The number of amides is 1. The minimum atomic E-state index is 0. The second-order valence-electron chi connectivity index (χ2n) is 7.11. The van der Waals surface area contributed by atoms with E-state index in [-0.39, 0.29) is 35.8 Å². The van der Waals surface area contributed by atoms with Gasteiger partial charge in [0.2, 0.25) is 5.91 Å². The van der Waals surface area contributed by atoms with Crippen LogP contribution in [0.2, 0.25) is 0 Å². The van der Waals surface area contributed by atoms with E-state index in [1.165, 1.54) is 31.4 Å². The first-order chi connectivity index (χ1) is 12.7. The number of thioether (sulfide) groups is 1. The average molecular weight is 502 g/mol. The van der Waals surface area contributed by atoms with E-state index in [2.05, 4.69) is 27.0 Å². The number of aliphatic imine (C=N–C) groups is 1.